The van der Waals surface area contributed by atoms with Crippen LogP contribution in [0.25, 0.3) is 0 Å². The van der Waals surface area contributed by atoms with Crippen LogP contribution < -0.4 is 21.1 Å². The molecule has 0 spiro atoms. The summed E-state index contributed by atoms with van der Waals surface area (Å²) in [6, 6.07) is 9.91. The molecule has 0 bridgehead atoms. The Kier molecular flexibility index (Phi) is 4.47. The monoisotopic (exact) mass is 287 g/mol. The molecular formula is C15H21N5O. The fraction of sp³-hybridized carbons (Fsp3) is 0.333. The Morgan fingerprint density at radius 1 is 1.24 bits per heavy atom. The Labute approximate surface area is 124 Å². The number of nitrogens with zero attached hydrogens (tertiary/aromatic N) is 3. The number of hydrogen-bond acceptors (Lipinski definition) is 6. The molecule has 112 valence electrons. The van der Waals surface area contributed by atoms with Gasteiger partial charge in [0.1, 0.15) is 17.4 Å². The minimum absolute atomic E-state index is 0.182. The van der Waals surface area contributed by atoms with Crippen molar-refractivity contribution in [1.29, 1.82) is 0 Å². The van der Waals surface area contributed by atoms with Crippen molar-refractivity contribution in [3.8, 4) is 5.75 Å². The molecule has 0 saturated carbocycles. The van der Waals surface area contributed by atoms with Gasteiger partial charge in [0.05, 0.1) is 7.11 Å². The Hall–Kier alpha value is -2.50. The Balaban J connectivity index is 2.17. The number of para-hydroxylation sites is 1. The van der Waals surface area contributed by atoms with Crippen molar-refractivity contribution >= 4 is 17.6 Å². The lowest BCUT2D eigenvalue weighted by Crippen LogP contribution is -2.31. The topological polar surface area (TPSA) is 90.3 Å². The van der Waals surface area contributed by atoms with Gasteiger partial charge in [-0.05, 0) is 25.0 Å². The van der Waals surface area contributed by atoms with E-state index in [1.807, 2.05) is 30.1 Å². The Bertz CT molecular complexity index is 597. The molecule has 1 aromatic carbocycles. The summed E-state index contributed by atoms with van der Waals surface area (Å²) in [6.07, 6.45) is 0.824. The van der Waals surface area contributed by atoms with Crippen molar-refractivity contribution < 1.29 is 4.74 Å². The molecule has 21 heavy (non-hydrogen) atoms. The highest BCUT2D eigenvalue weighted by Gasteiger charge is 2.15. The number of benzene rings is 1. The molecule has 1 heterocycles. The zero-order valence-corrected chi connectivity index (χ0v) is 12.6. The second-order valence-electron chi connectivity index (χ2n) is 4.99. The second-order valence-corrected chi connectivity index (χ2v) is 4.99. The van der Waals surface area contributed by atoms with Gasteiger partial charge in [-0.15, -0.1) is 0 Å². The first-order chi connectivity index (χ1) is 10.0. The molecular weight excluding hydrogens is 266 g/mol. The summed E-state index contributed by atoms with van der Waals surface area (Å²) in [5, 5.41) is 0. The maximum atomic E-state index is 5.72. The van der Waals surface area contributed by atoms with Gasteiger partial charge in [0.15, 0.2) is 0 Å². The summed E-state index contributed by atoms with van der Waals surface area (Å²) in [4.78, 5) is 10.1. The fourth-order valence-electron chi connectivity index (χ4n) is 2.20. The van der Waals surface area contributed by atoms with E-state index in [1.54, 1.807) is 13.2 Å². The van der Waals surface area contributed by atoms with Gasteiger partial charge in [0.25, 0.3) is 0 Å². The first-order valence-electron chi connectivity index (χ1n) is 6.76. The molecule has 0 aliphatic carbocycles. The normalized spacial score (nSPS) is 12.0. The standard InChI is InChI=1S/C15H21N5O/c1-10(8-11-6-4-5-7-12(11)21-3)20(2)14-9-13(16)18-15(17)19-14/h4-7,9-10H,8H2,1-3H3,(H4,16,17,18,19). The summed E-state index contributed by atoms with van der Waals surface area (Å²) >= 11 is 0. The molecule has 1 unspecified atom stereocenters. The molecule has 4 N–H and O–H groups in total. The molecule has 0 radical (unpaired) electrons. The van der Waals surface area contributed by atoms with Crippen molar-refractivity contribution in [1.82, 2.24) is 9.97 Å². The van der Waals surface area contributed by atoms with E-state index >= 15 is 0 Å². The van der Waals surface area contributed by atoms with Crippen LogP contribution >= 0.6 is 0 Å². The number of nitrogens with two attached hydrogens (primary N) is 2. The number of aromatic nitrogens is 2. The van der Waals surface area contributed by atoms with E-state index in [-0.39, 0.29) is 12.0 Å². The van der Waals surface area contributed by atoms with Crippen LogP contribution in [0.3, 0.4) is 0 Å². The van der Waals surface area contributed by atoms with Gasteiger partial charge in [-0.25, -0.2) is 0 Å². The van der Waals surface area contributed by atoms with E-state index < -0.39 is 0 Å². The number of anilines is 3. The predicted molar refractivity (Wildman–Crippen MR) is 85.4 cm³/mol. The van der Waals surface area contributed by atoms with E-state index in [2.05, 4.69) is 23.0 Å². The maximum absolute atomic E-state index is 5.72. The van der Waals surface area contributed by atoms with Crippen molar-refractivity contribution in [2.45, 2.75) is 19.4 Å². The molecule has 2 rings (SSSR count). The molecule has 1 aromatic heterocycles. The number of nitrogen functional groups attached to an aromatic ring is 2. The van der Waals surface area contributed by atoms with Crippen LogP contribution in [-0.2, 0) is 6.42 Å². The summed E-state index contributed by atoms with van der Waals surface area (Å²) in [6.45, 7) is 2.11. The number of ether oxygens (including phenoxy) is 1. The minimum atomic E-state index is 0.182. The maximum Gasteiger partial charge on any atom is 0.223 e. The van der Waals surface area contributed by atoms with E-state index in [4.69, 9.17) is 16.2 Å². The van der Waals surface area contributed by atoms with Crippen LogP contribution in [0, 0.1) is 0 Å². The zero-order chi connectivity index (χ0) is 15.4. The van der Waals surface area contributed by atoms with Gasteiger partial charge in [-0.3, -0.25) is 0 Å². The number of rotatable bonds is 5. The largest absolute Gasteiger partial charge is 0.496 e. The summed E-state index contributed by atoms with van der Waals surface area (Å²) in [5.74, 6) is 2.15. The first kappa shape index (κ1) is 14.9. The van der Waals surface area contributed by atoms with E-state index in [9.17, 15) is 0 Å². The highest BCUT2D eigenvalue weighted by Crippen LogP contribution is 2.22. The Morgan fingerprint density at radius 2 is 1.95 bits per heavy atom. The third-order valence-electron chi connectivity index (χ3n) is 3.48. The van der Waals surface area contributed by atoms with Gasteiger partial charge >= 0.3 is 0 Å². The van der Waals surface area contributed by atoms with Crippen LogP contribution in [-0.4, -0.2) is 30.2 Å². The van der Waals surface area contributed by atoms with Crippen LogP contribution in [0.1, 0.15) is 12.5 Å². The van der Waals surface area contributed by atoms with Gasteiger partial charge in [-0.2, -0.15) is 9.97 Å². The third-order valence-corrected chi connectivity index (χ3v) is 3.48. The van der Waals surface area contributed by atoms with Gasteiger partial charge < -0.3 is 21.1 Å². The zero-order valence-electron chi connectivity index (χ0n) is 12.6. The van der Waals surface area contributed by atoms with Crippen LogP contribution in [0.2, 0.25) is 0 Å². The lowest BCUT2D eigenvalue weighted by atomic mass is 10.1. The molecule has 2 aromatic rings. The predicted octanol–water partition coefficient (Wildman–Crippen LogP) is 1.72. The van der Waals surface area contributed by atoms with Crippen LogP contribution in [0.4, 0.5) is 17.6 Å². The van der Waals surface area contributed by atoms with Gasteiger partial charge in [0, 0.05) is 19.2 Å². The average molecular weight is 287 g/mol. The fourth-order valence-corrected chi connectivity index (χ4v) is 2.20. The van der Waals surface area contributed by atoms with E-state index in [1.165, 1.54) is 0 Å². The smallest absolute Gasteiger partial charge is 0.223 e. The lowest BCUT2D eigenvalue weighted by molar-refractivity contribution is 0.408. The van der Waals surface area contributed by atoms with Crippen molar-refractivity contribution in [2.75, 3.05) is 30.5 Å². The number of methoxy groups -OCH3 is 1. The number of likely N-dealkylation sites (N-methyl/N-ethyl adjacent to an activating group) is 1. The number of hydrogen-bond donors (Lipinski definition) is 2. The molecule has 6 heteroatoms. The van der Waals surface area contributed by atoms with Crippen LogP contribution in [0.5, 0.6) is 5.75 Å². The first-order valence-corrected chi connectivity index (χ1v) is 6.76. The Morgan fingerprint density at radius 3 is 2.62 bits per heavy atom. The van der Waals surface area contributed by atoms with Crippen molar-refractivity contribution in [2.24, 2.45) is 0 Å². The van der Waals surface area contributed by atoms with E-state index in [0.29, 0.717) is 11.6 Å². The lowest BCUT2D eigenvalue weighted by Gasteiger charge is -2.26. The molecule has 0 aliphatic rings. The third kappa shape index (κ3) is 3.53. The molecule has 0 fully saturated rings. The summed E-state index contributed by atoms with van der Waals surface area (Å²) < 4.78 is 5.39. The molecule has 0 amide bonds. The highest BCUT2D eigenvalue weighted by molar-refractivity contribution is 5.50. The van der Waals surface area contributed by atoms with E-state index in [0.717, 1.165) is 17.7 Å². The molecule has 1 atom stereocenters. The molecule has 0 aliphatic heterocycles. The van der Waals surface area contributed by atoms with Crippen LogP contribution in [0.15, 0.2) is 30.3 Å². The SMILES string of the molecule is COc1ccccc1CC(C)N(C)c1cc(N)nc(N)n1. The summed E-state index contributed by atoms with van der Waals surface area (Å²) in [7, 11) is 3.64. The van der Waals surface area contributed by atoms with Crippen molar-refractivity contribution in [3.63, 3.8) is 0 Å². The van der Waals surface area contributed by atoms with Gasteiger partial charge in [-0.1, -0.05) is 18.2 Å². The minimum Gasteiger partial charge on any atom is -0.496 e. The second kappa shape index (κ2) is 6.30. The molecule has 6 nitrogen and oxygen atoms in total. The molecule has 0 saturated heterocycles. The average Bonchev–Trinajstić information content (AvgIpc) is 2.46. The van der Waals surface area contributed by atoms with Gasteiger partial charge in [0.2, 0.25) is 5.95 Å². The highest BCUT2D eigenvalue weighted by atomic mass is 16.5. The quantitative estimate of drug-likeness (QED) is 0.870. The van der Waals surface area contributed by atoms with Crippen molar-refractivity contribution in [3.05, 3.63) is 35.9 Å². The summed E-state index contributed by atoms with van der Waals surface area (Å²) in [5.41, 5.74) is 12.5.